The van der Waals surface area contributed by atoms with Crippen LogP contribution in [-0.2, 0) is 25.5 Å². The van der Waals surface area contributed by atoms with Crippen LogP contribution in [0.25, 0.3) is 0 Å². The second-order valence-electron chi connectivity index (χ2n) is 8.19. The van der Waals surface area contributed by atoms with Gasteiger partial charge in [0.05, 0.1) is 13.0 Å². The third-order valence-electron chi connectivity index (χ3n) is 5.78. The van der Waals surface area contributed by atoms with E-state index in [2.05, 4.69) is 0 Å². The number of halogens is 2. The Kier molecular flexibility index (Phi) is 11.5. The van der Waals surface area contributed by atoms with Crippen molar-refractivity contribution in [2.24, 2.45) is 0 Å². The summed E-state index contributed by atoms with van der Waals surface area (Å²) >= 11 is 6.09. The van der Waals surface area contributed by atoms with Crippen LogP contribution in [0.5, 0.6) is 0 Å². The number of aliphatic hydroxyl groups excluding tert-OH is 2. The Morgan fingerprint density at radius 2 is 1.88 bits per heavy atom. The molecule has 1 heterocycles. The number of methoxy groups -OCH3 is 1. The summed E-state index contributed by atoms with van der Waals surface area (Å²) in [6.45, 7) is 2.92. The highest BCUT2D eigenvalue weighted by molar-refractivity contribution is 6.31. The molecule has 0 spiro atoms. The fourth-order valence-corrected chi connectivity index (χ4v) is 3.98. The van der Waals surface area contributed by atoms with Crippen molar-refractivity contribution >= 4 is 23.4 Å². The van der Waals surface area contributed by atoms with E-state index in [0.29, 0.717) is 45.5 Å². The fourth-order valence-electron chi connectivity index (χ4n) is 3.75. The van der Waals surface area contributed by atoms with Gasteiger partial charge in [0.1, 0.15) is 24.1 Å². The predicted octanol–water partition coefficient (Wildman–Crippen LogP) is 1.64. The van der Waals surface area contributed by atoms with E-state index in [-0.39, 0.29) is 42.0 Å². The molecule has 1 aromatic rings. The number of hydrogen-bond acceptors (Lipinski definition) is 6. The van der Waals surface area contributed by atoms with Crippen molar-refractivity contribution in [1.29, 1.82) is 0 Å². The molecule has 0 bridgehead atoms. The van der Waals surface area contributed by atoms with E-state index < -0.39 is 24.1 Å². The quantitative estimate of drug-likeness (QED) is 0.671. The molecule has 0 aromatic heterocycles. The molecule has 2 amide bonds. The number of hydrogen-bond donors (Lipinski definition) is 2. The van der Waals surface area contributed by atoms with Crippen molar-refractivity contribution in [2.45, 2.75) is 50.9 Å². The van der Waals surface area contributed by atoms with Crippen LogP contribution in [0.15, 0.2) is 18.2 Å². The van der Waals surface area contributed by atoms with E-state index in [0.717, 1.165) is 0 Å². The maximum absolute atomic E-state index is 14.2. The molecular formula is C23H34ClFN2O6. The third kappa shape index (κ3) is 8.50. The van der Waals surface area contributed by atoms with Gasteiger partial charge < -0.3 is 29.5 Å². The summed E-state index contributed by atoms with van der Waals surface area (Å²) in [5.74, 6) is -0.981. The first kappa shape index (κ1) is 27.5. The summed E-state index contributed by atoms with van der Waals surface area (Å²) in [4.78, 5) is 28.3. The smallest absolute Gasteiger partial charge is 0.227 e. The van der Waals surface area contributed by atoms with Crippen molar-refractivity contribution in [1.82, 2.24) is 9.80 Å². The Balaban J connectivity index is 2.12. The predicted molar refractivity (Wildman–Crippen MR) is 121 cm³/mol. The Hall–Kier alpha value is -1.78. The van der Waals surface area contributed by atoms with Gasteiger partial charge in [-0.15, -0.1) is 0 Å². The maximum atomic E-state index is 14.2. The van der Waals surface area contributed by atoms with E-state index >= 15 is 0 Å². The summed E-state index contributed by atoms with van der Waals surface area (Å²) in [6, 6.07) is 4.32. The van der Waals surface area contributed by atoms with Gasteiger partial charge in [-0.2, -0.15) is 0 Å². The second-order valence-corrected chi connectivity index (χ2v) is 8.60. The lowest BCUT2D eigenvalue weighted by atomic mass is 10.1. The van der Waals surface area contributed by atoms with E-state index in [9.17, 15) is 24.2 Å². The molecule has 33 heavy (non-hydrogen) atoms. The van der Waals surface area contributed by atoms with E-state index in [1.807, 2.05) is 0 Å². The summed E-state index contributed by atoms with van der Waals surface area (Å²) in [5.41, 5.74) is 0.166. The zero-order chi connectivity index (χ0) is 24.4. The highest BCUT2D eigenvalue weighted by atomic mass is 35.5. The molecule has 0 radical (unpaired) electrons. The SMILES string of the molecule is CO[C@H]1CN(C(C)=O)CCCN(C(=O)Cc2c(F)cccc2Cl)CCCCOC[C@H](O)[C@@H]1O. The average Bonchev–Trinajstić information content (AvgIpc) is 2.78. The Labute approximate surface area is 199 Å². The molecule has 1 aromatic carbocycles. The minimum Gasteiger partial charge on any atom is -0.388 e. The first-order valence-corrected chi connectivity index (χ1v) is 11.5. The minimum absolute atomic E-state index is 0.0739. The summed E-state index contributed by atoms with van der Waals surface area (Å²) in [6.07, 6.45) is -1.54. The Morgan fingerprint density at radius 3 is 2.55 bits per heavy atom. The number of nitrogens with zero attached hydrogens (tertiary/aromatic N) is 2. The molecule has 1 aliphatic rings. The van der Waals surface area contributed by atoms with Crippen LogP contribution in [0, 0.1) is 5.82 Å². The molecule has 0 unspecified atom stereocenters. The van der Waals surface area contributed by atoms with Crippen molar-refractivity contribution < 1.29 is 33.7 Å². The summed E-state index contributed by atoms with van der Waals surface area (Å²) in [7, 11) is 1.40. The monoisotopic (exact) mass is 488 g/mol. The molecular weight excluding hydrogens is 455 g/mol. The molecule has 1 fully saturated rings. The topological polar surface area (TPSA) is 99.5 Å². The summed E-state index contributed by atoms with van der Waals surface area (Å²) in [5, 5.41) is 20.8. The minimum atomic E-state index is -1.22. The molecule has 1 saturated heterocycles. The molecule has 1 aliphatic heterocycles. The van der Waals surface area contributed by atoms with Gasteiger partial charge in [-0.25, -0.2) is 4.39 Å². The fraction of sp³-hybridized carbons (Fsp3) is 0.652. The zero-order valence-corrected chi connectivity index (χ0v) is 20.0. The molecule has 0 saturated carbocycles. The van der Waals surface area contributed by atoms with Gasteiger partial charge in [-0.05, 0) is 31.4 Å². The van der Waals surface area contributed by atoms with Crippen LogP contribution in [0.4, 0.5) is 4.39 Å². The van der Waals surface area contributed by atoms with Crippen molar-refractivity contribution in [3.8, 4) is 0 Å². The van der Waals surface area contributed by atoms with E-state index in [1.165, 1.54) is 31.1 Å². The van der Waals surface area contributed by atoms with Crippen LogP contribution >= 0.6 is 11.6 Å². The maximum Gasteiger partial charge on any atom is 0.227 e. The normalized spacial score (nSPS) is 24.1. The van der Waals surface area contributed by atoms with Crippen molar-refractivity contribution in [3.05, 3.63) is 34.6 Å². The Morgan fingerprint density at radius 1 is 1.18 bits per heavy atom. The van der Waals surface area contributed by atoms with Crippen molar-refractivity contribution in [2.75, 3.05) is 46.5 Å². The molecule has 2 N–H and O–H groups in total. The molecule has 3 atom stereocenters. The summed E-state index contributed by atoms with van der Waals surface area (Å²) < 4.78 is 24.9. The Bertz CT molecular complexity index is 763. The molecule has 10 heteroatoms. The zero-order valence-electron chi connectivity index (χ0n) is 19.2. The van der Waals surface area contributed by atoms with Crippen molar-refractivity contribution in [3.63, 3.8) is 0 Å². The highest BCUT2D eigenvalue weighted by Crippen LogP contribution is 2.20. The number of carbonyl (C=O) groups excluding carboxylic acids is 2. The van der Waals surface area contributed by atoms with Crippen LogP contribution in [-0.4, -0.2) is 96.6 Å². The second kappa shape index (κ2) is 13.8. The number of rotatable bonds is 3. The standard InChI is InChI=1S/C23H34ClFN2O6/c1-16(28)27-11-6-10-26(22(30)13-17-18(24)7-5-8-19(17)25)9-3-4-12-33-15-20(29)23(31)21(14-27)32-2/h5,7-8,20-21,23,29,31H,3-4,6,9-15H2,1-2H3/t20-,21-,23-/m0/s1. The molecule has 8 nitrogen and oxygen atoms in total. The first-order chi connectivity index (χ1) is 15.7. The largest absolute Gasteiger partial charge is 0.388 e. The van der Waals surface area contributed by atoms with Gasteiger partial charge in [0, 0.05) is 57.4 Å². The number of benzene rings is 1. The van der Waals surface area contributed by atoms with Gasteiger partial charge in [-0.1, -0.05) is 17.7 Å². The molecule has 186 valence electrons. The number of aliphatic hydroxyl groups is 2. The van der Waals surface area contributed by atoms with Gasteiger partial charge in [0.25, 0.3) is 0 Å². The van der Waals surface area contributed by atoms with Crippen LogP contribution < -0.4 is 0 Å². The van der Waals surface area contributed by atoms with Gasteiger partial charge >= 0.3 is 0 Å². The first-order valence-electron chi connectivity index (χ1n) is 11.2. The van der Waals surface area contributed by atoms with E-state index in [1.54, 1.807) is 11.0 Å². The van der Waals surface area contributed by atoms with Crippen LogP contribution in [0.1, 0.15) is 31.7 Å². The van der Waals surface area contributed by atoms with Crippen LogP contribution in [0.2, 0.25) is 5.02 Å². The lowest BCUT2D eigenvalue weighted by molar-refractivity contribution is -0.136. The molecule has 0 aliphatic carbocycles. The highest BCUT2D eigenvalue weighted by Gasteiger charge is 2.29. The van der Waals surface area contributed by atoms with Crippen LogP contribution in [0.3, 0.4) is 0 Å². The average molecular weight is 489 g/mol. The number of amides is 2. The third-order valence-corrected chi connectivity index (χ3v) is 6.13. The van der Waals surface area contributed by atoms with Gasteiger partial charge in [-0.3, -0.25) is 9.59 Å². The van der Waals surface area contributed by atoms with Gasteiger partial charge in [0.2, 0.25) is 11.8 Å². The number of ether oxygens (including phenoxy) is 2. The van der Waals surface area contributed by atoms with Gasteiger partial charge in [0.15, 0.2) is 0 Å². The van der Waals surface area contributed by atoms with E-state index in [4.69, 9.17) is 21.1 Å². The lowest BCUT2D eigenvalue weighted by Crippen LogP contribution is -2.48. The lowest BCUT2D eigenvalue weighted by Gasteiger charge is -2.31. The molecule has 2 rings (SSSR count). The number of carbonyl (C=O) groups is 2.